The summed E-state index contributed by atoms with van der Waals surface area (Å²) < 4.78 is 5.97. The lowest BCUT2D eigenvalue weighted by atomic mass is 9.86. The first-order valence-corrected chi connectivity index (χ1v) is 16.4. The highest BCUT2D eigenvalue weighted by molar-refractivity contribution is 9.10. The van der Waals surface area contributed by atoms with Crippen molar-refractivity contribution in [2.24, 2.45) is 11.8 Å². The number of halogens is 2. The van der Waals surface area contributed by atoms with Crippen molar-refractivity contribution in [3.8, 4) is 0 Å². The molecule has 0 atom stereocenters. The van der Waals surface area contributed by atoms with Crippen molar-refractivity contribution in [1.82, 2.24) is 25.9 Å². The highest BCUT2D eigenvalue weighted by Gasteiger charge is 2.25. The fourth-order valence-electron chi connectivity index (χ4n) is 6.11. The predicted octanol–water partition coefficient (Wildman–Crippen LogP) is 6.20. The molecular weight excluding hydrogens is 610 g/mol. The van der Waals surface area contributed by atoms with Gasteiger partial charge < -0.3 is 20.4 Å². The van der Waals surface area contributed by atoms with Gasteiger partial charge in [-0.2, -0.15) is 0 Å². The topological polar surface area (TPSA) is 82.4 Å². The molecule has 0 saturated carbocycles. The Labute approximate surface area is 256 Å². The van der Waals surface area contributed by atoms with Gasteiger partial charge in [-0.25, -0.2) is 9.61 Å². The second-order valence-electron chi connectivity index (χ2n) is 11.2. The maximum atomic E-state index is 6.50. The van der Waals surface area contributed by atoms with E-state index in [0.717, 1.165) is 88.0 Å². The van der Waals surface area contributed by atoms with E-state index in [4.69, 9.17) is 16.2 Å². The Morgan fingerprint density at radius 1 is 0.925 bits per heavy atom. The van der Waals surface area contributed by atoms with E-state index in [1.165, 1.54) is 64.5 Å². The number of benzene rings is 1. The van der Waals surface area contributed by atoms with Crippen molar-refractivity contribution in [3.05, 3.63) is 33.9 Å². The molecule has 3 saturated heterocycles. The maximum absolute atomic E-state index is 6.50. The van der Waals surface area contributed by atoms with Gasteiger partial charge in [-0.15, -0.1) is 12.6 Å². The number of pyridine rings is 1. The van der Waals surface area contributed by atoms with Crippen LogP contribution in [-0.4, -0.2) is 67.7 Å². The van der Waals surface area contributed by atoms with E-state index < -0.39 is 0 Å². The SMILES string of the molecule is C1CNCCNC1.Sc1cnc(N2CCC(CCCC3CCN(c4c(Cl)ccc5nonc45)CC3)CC2)c(Br)c1. The number of thiol groups is 1. The zero-order valence-corrected chi connectivity index (χ0v) is 26.4. The molecule has 2 aromatic heterocycles. The van der Waals surface area contributed by atoms with E-state index in [2.05, 4.69) is 64.3 Å². The molecule has 0 radical (unpaired) electrons. The second-order valence-corrected chi connectivity index (χ2v) is 13.0. The van der Waals surface area contributed by atoms with Crippen LogP contribution in [0.3, 0.4) is 0 Å². The number of nitrogens with one attached hydrogen (secondary N) is 2. The number of hydrogen-bond donors (Lipinski definition) is 3. The van der Waals surface area contributed by atoms with Crippen molar-refractivity contribution in [2.75, 3.05) is 62.2 Å². The van der Waals surface area contributed by atoms with Crippen LogP contribution in [0.2, 0.25) is 5.02 Å². The van der Waals surface area contributed by atoms with Gasteiger partial charge in [0.1, 0.15) is 11.3 Å². The van der Waals surface area contributed by atoms with E-state index in [1.807, 2.05) is 24.4 Å². The minimum atomic E-state index is 0.729. The summed E-state index contributed by atoms with van der Waals surface area (Å²) in [5.74, 6) is 2.69. The second kappa shape index (κ2) is 15.0. The van der Waals surface area contributed by atoms with Gasteiger partial charge in [-0.1, -0.05) is 30.9 Å². The number of rotatable bonds is 6. The summed E-state index contributed by atoms with van der Waals surface area (Å²) in [6.45, 7) is 8.86. The van der Waals surface area contributed by atoms with E-state index in [0.29, 0.717) is 0 Å². The largest absolute Gasteiger partial charge is 0.368 e. The van der Waals surface area contributed by atoms with Gasteiger partial charge in [0.05, 0.1) is 15.2 Å². The Bertz CT molecular complexity index is 1190. The molecule has 0 amide bonds. The quantitative estimate of drug-likeness (QED) is 0.273. The molecule has 8 nitrogen and oxygen atoms in total. The van der Waals surface area contributed by atoms with Crippen LogP contribution < -0.4 is 20.4 Å². The van der Waals surface area contributed by atoms with Gasteiger partial charge in [0, 0.05) is 50.4 Å². The third-order valence-corrected chi connectivity index (χ3v) is 9.55. The van der Waals surface area contributed by atoms with Crippen LogP contribution in [0, 0.1) is 11.8 Å². The van der Waals surface area contributed by atoms with Gasteiger partial charge >= 0.3 is 0 Å². The summed E-state index contributed by atoms with van der Waals surface area (Å²) in [6, 6.07) is 5.78. The lowest BCUT2D eigenvalue weighted by molar-refractivity contribution is 0.315. The molecule has 3 aliphatic heterocycles. The zero-order chi connectivity index (χ0) is 27.7. The van der Waals surface area contributed by atoms with Crippen LogP contribution in [-0.2, 0) is 0 Å². The summed E-state index contributed by atoms with van der Waals surface area (Å²) in [6.07, 6.45) is 12.0. The van der Waals surface area contributed by atoms with Gasteiger partial charge in [0.15, 0.2) is 5.52 Å². The normalized spacial score (nSPS) is 19.4. The van der Waals surface area contributed by atoms with E-state index >= 15 is 0 Å². The first-order chi connectivity index (χ1) is 19.6. The van der Waals surface area contributed by atoms with Gasteiger partial charge in [0.2, 0.25) is 0 Å². The Morgan fingerprint density at radius 2 is 1.57 bits per heavy atom. The van der Waals surface area contributed by atoms with Crippen LogP contribution >= 0.6 is 40.2 Å². The standard InChI is InChI=1S/C24H29BrClN5OS.C5H12N2/c25-19-14-18(33)15-27-24(19)31-12-8-17(9-13-31)3-1-2-16-6-10-30(11-7-16)23-20(26)4-5-21-22(23)29-32-28-21;1-2-6-4-5-7-3-1/h4-5,14-17,33H,1-3,6-13H2;6-7H,1-5H2. The maximum Gasteiger partial charge on any atom is 0.160 e. The molecule has 0 spiro atoms. The minimum absolute atomic E-state index is 0.729. The third kappa shape index (κ3) is 8.03. The van der Waals surface area contributed by atoms with Crippen molar-refractivity contribution in [3.63, 3.8) is 0 Å². The van der Waals surface area contributed by atoms with Crippen molar-refractivity contribution >= 4 is 62.7 Å². The first-order valence-electron chi connectivity index (χ1n) is 14.7. The number of anilines is 2. The number of nitrogens with zero attached hydrogens (tertiary/aromatic N) is 5. The lowest BCUT2D eigenvalue weighted by Gasteiger charge is -2.35. The molecule has 3 aliphatic rings. The van der Waals surface area contributed by atoms with Crippen molar-refractivity contribution in [1.29, 1.82) is 0 Å². The van der Waals surface area contributed by atoms with Crippen LogP contribution in [0.1, 0.15) is 51.4 Å². The number of fused-ring (bicyclic) bond motifs is 1. The summed E-state index contributed by atoms with van der Waals surface area (Å²) in [5, 5.41) is 15.3. The smallest absolute Gasteiger partial charge is 0.160 e. The monoisotopic (exact) mass is 649 g/mol. The molecule has 218 valence electrons. The molecule has 11 heteroatoms. The highest BCUT2D eigenvalue weighted by Crippen LogP contribution is 2.36. The summed E-state index contributed by atoms with van der Waals surface area (Å²) in [5.41, 5.74) is 2.52. The fraction of sp³-hybridized carbons (Fsp3) is 0.621. The van der Waals surface area contributed by atoms with Crippen LogP contribution in [0.5, 0.6) is 0 Å². The molecule has 0 bridgehead atoms. The summed E-state index contributed by atoms with van der Waals surface area (Å²) in [4.78, 5) is 10.2. The molecular formula is C29H41BrClN7OS. The van der Waals surface area contributed by atoms with Crippen molar-refractivity contribution in [2.45, 2.75) is 56.3 Å². The van der Waals surface area contributed by atoms with E-state index in [1.54, 1.807) is 0 Å². The molecule has 0 aliphatic carbocycles. The van der Waals surface area contributed by atoms with E-state index in [-0.39, 0.29) is 0 Å². The zero-order valence-electron chi connectivity index (χ0n) is 23.1. The van der Waals surface area contributed by atoms with Crippen LogP contribution in [0.4, 0.5) is 11.5 Å². The Morgan fingerprint density at radius 3 is 2.23 bits per heavy atom. The Kier molecular flexibility index (Phi) is 11.2. The lowest BCUT2D eigenvalue weighted by Crippen LogP contribution is -2.35. The summed E-state index contributed by atoms with van der Waals surface area (Å²) >= 11 is 14.5. The number of piperidine rings is 2. The van der Waals surface area contributed by atoms with Crippen LogP contribution in [0.25, 0.3) is 11.0 Å². The molecule has 5 heterocycles. The Balaban J connectivity index is 0.000000403. The van der Waals surface area contributed by atoms with Gasteiger partial charge in [0.25, 0.3) is 0 Å². The number of hydrogen-bond acceptors (Lipinski definition) is 9. The van der Waals surface area contributed by atoms with Crippen molar-refractivity contribution < 1.29 is 4.63 Å². The van der Waals surface area contributed by atoms with Crippen LogP contribution in [0.15, 0.2) is 38.4 Å². The van der Waals surface area contributed by atoms with E-state index in [9.17, 15) is 0 Å². The number of aromatic nitrogens is 3. The summed E-state index contributed by atoms with van der Waals surface area (Å²) in [7, 11) is 0. The highest BCUT2D eigenvalue weighted by atomic mass is 79.9. The van der Waals surface area contributed by atoms with Gasteiger partial charge in [-0.05, 0) is 101 Å². The third-order valence-electron chi connectivity index (χ3n) is 8.41. The first kappa shape index (κ1) is 29.9. The molecule has 6 rings (SSSR count). The van der Waals surface area contributed by atoms with Gasteiger partial charge in [-0.3, -0.25) is 0 Å². The molecule has 40 heavy (non-hydrogen) atoms. The average molecular weight is 651 g/mol. The molecule has 2 N–H and O–H groups in total. The molecule has 3 fully saturated rings. The Hall–Kier alpha value is -1.59. The molecule has 1 aromatic carbocycles. The predicted molar refractivity (Wildman–Crippen MR) is 170 cm³/mol. The molecule has 3 aromatic rings. The molecule has 0 unspecified atom stereocenters. The minimum Gasteiger partial charge on any atom is -0.368 e. The fourth-order valence-corrected chi connectivity index (χ4v) is 7.34. The average Bonchev–Trinajstić information content (AvgIpc) is 3.23.